The van der Waals surface area contributed by atoms with Crippen molar-refractivity contribution >= 4 is 5.97 Å². The van der Waals surface area contributed by atoms with Gasteiger partial charge in [-0.2, -0.15) is 0 Å². The molecule has 0 bridgehead atoms. The van der Waals surface area contributed by atoms with Crippen molar-refractivity contribution in [1.82, 2.24) is 0 Å². The van der Waals surface area contributed by atoms with Gasteiger partial charge in [-0.25, -0.2) is 0 Å². The highest BCUT2D eigenvalue weighted by Crippen LogP contribution is 2.41. The Balaban J connectivity index is 2.20. The molecule has 3 heteroatoms. The Bertz CT molecular complexity index is 384. The van der Waals surface area contributed by atoms with Gasteiger partial charge in [-0.15, -0.1) is 0 Å². The molecule has 0 spiro atoms. The summed E-state index contributed by atoms with van der Waals surface area (Å²) in [5.74, 6) is 0.654. The molecule has 2 rings (SSSR count). The molecule has 1 aliphatic carbocycles. The largest absolute Gasteiger partial charge is 0.496 e. The van der Waals surface area contributed by atoms with Gasteiger partial charge in [0.1, 0.15) is 5.75 Å². The van der Waals surface area contributed by atoms with Gasteiger partial charge >= 0.3 is 5.97 Å². The predicted molar refractivity (Wildman–Crippen MR) is 56.1 cm³/mol. The van der Waals surface area contributed by atoms with Crippen molar-refractivity contribution in [3.8, 4) is 5.75 Å². The molecule has 1 aliphatic rings. The van der Waals surface area contributed by atoms with Gasteiger partial charge in [0.15, 0.2) is 0 Å². The standard InChI is InChI=1S/C12H14O3/c1-3-15-12(13)10-7-9-8(10)5-4-6-11(9)14-2/h4-6,10H,3,7H2,1-2H3. The van der Waals surface area contributed by atoms with Gasteiger partial charge in [-0.3, -0.25) is 4.79 Å². The Labute approximate surface area is 89.0 Å². The van der Waals surface area contributed by atoms with Crippen LogP contribution in [0.15, 0.2) is 18.2 Å². The number of methoxy groups -OCH3 is 1. The number of fused-ring (bicyclic) bond motifs is 1. The summed E-state index contributed by atoms with van der Waals surface area (Å²) in [7, 11) is 1.65. The summed E-state index contributed by atoms with van der Waals surface area (Å²) in [5, 5.41) is 0. The van der Waals surface area contributed by atoms with Crippen molar-refractivity contribution < 1.29 is 14.3 Å². The summed E-state index contributed by atoms with van der Waals surface area (Å²) >= 11 is 0. The molecule has 0 heterocycles. The molecule has 0 saturated carbocycles. The average molecular weight is 206 g/mol. The van der Waals surface area contributed by atoms with Crippen LogP contribution in [-0.4, -0.2) is 19.7 Å². The normalized spacial score (nSPS) is 17.6. The van der Waals surface area contributed by atoms with Crippen molar-refractivity contribution in [3.05, 3.63) is 29.3 Å². The van der Waals surface area contributed by atoms with E-state index < -0.39 is 0 Å². The number of carbonyl (C=O) groups excluding carboxylic acids is 1. The minimum atomic E-state index is -0.127. The first kappa shape index (κ1) is 10.0. The van der Waals surface area contributed by atoms with Crippen LogP contribution in [0.5, 0.6) is 5.75 Å². The Morgan fingerprint density at radius 2 is 2.33 bits per heavy atom. The van der Waals surface area contributed by atoms with E-state index in [-0.39, 0.29) is 11.9 Å². The average Bonchev–Trinajstić information content (AvgIpc) is 2.19. The van der Waals surface area contributed by atoms with E-state index in [1.54, 1.807) is 7.11 Å². The minimum Gasteiger partial charge on any atom is -0.496 e. The Kier molecular flexibility index (Phi) is 2.62. The van der Waals surface area contributed by atoms with Crippen LogP contribution in [0.3, 0.4) is 0 Å². The lowest BCUT2D eigenvalue weighted by molar-refractivity contribution is -0.145. The SMILES string of the molecule is CCOC(=O)C1Cc2c(OC)cccc21. The van der Waals surface area contributed by atoms with E-state index in [0.29, 0.717) is 6.61 Å². The lowest BCUT2D eigenvalue weighted by atomic mass is 9.77. The zero-order valence-corrected chi connectivity index (χ0v) is 8.95. The molecule has 15 heavy (non-hydrogen) atoms. The van der Waals surface area contributed by atoms with Crippen molar-refractivity contribution in [3.63, 3.8) is 0 Å². The fourth-order valence-electron chi connectivity index (χ4n) is 1.95. The number of carbonyl (C=O) groups is 1. The Morgan fingerprint density at radius 3 is 3.00 bits per heavy atom. The van der Waals surface area contributed by atoms with Crippen LogP contribution in [0.4, 0.5) is 0 Å². The summed E-state index contributed by atoms with van der Waals surface area (Å²) in [6.45, 7) is 2.26. The monoisotopic (exact) mass is 206 g/mol. The minimum absolute atomic E-state index is 0.0879. The van der Waals surface area contributed by atoms with Gasteiger partial charge in [0.25, 0.3) is 0 Å². The maximum atomic E-state index is 11.5. The van der Waals surface area contributed by atoms with Gasteiger partial charge in [-0.1, -0.05) is 12.1 Å². The van der Waals surface area contributed by atoms with E-state index in [0.717, 1.165) is 23.3 Å². The zero-order valence-electron chi connectivity index (χ0n) is 8.95. The van der Waals surface area contributed by atoms with Crippen molar-refractivity contribution in [1.29, 1.82) is 0 Å². The maximum Gasteiger partial charge on any atom is 0.313 e. The van der Waals surface area contributed by atoms with Crippen LogP contribution in [0.25, 0.3) is 0 Å². The summed E-state index contributed by atoms with van der Waals surface area (Å²) in [6.07, 6.45) is 0.734. The molecule has 0 saturated heterocycles. The third kappa shape index (κ3) is 1.58. The molecule has 1 atom stereocenters. The Hall–Kier alpha value is -1.51. The third-order valence-electron chi connectivity index (χ3n) is 2.74. The summed E-state index contributed by atoms with van der Waals surface area (Å²) < 4.78 is 10.2. The predicted octanol–water partition coefficient (Wildman–Crippen LogP) is 1.90. The number of esters is 1. The van der Waals surface area contributed by atoms with E-state index in [9.17, 15) is 4.79 Å². The molecule has 80 valence electrons. The molecule has 1 aromatic carbocycles. The van der Waals surface area contributed by atoms with Gasteiger partial charge in [0, 0.05) is 0 Å². The van der Waals surface area contributed by atoms with Crippen LogP contribution in [-0.2, 0) is 16.0 Å². The smallest absolute Gasteiger partial charge is 0.313 e. The van der Waals surface area contributed by atoms with Gasteiger partial charge in [0.2, 0.25) is 0 Å². The molecule has 0 aromatic heterocycles. The second kappa shape index (κ2) is 3.93. The van der Waals surface area contributed by atoms with Gasteiger partial charge in [0.05, 0.1) is 19.6 Å². The number of rotatable bonds is 3. The number of benzene rings is 1. The second-order valence-corrected chi connectivity index (χ2v) is 3.54. The molecule has 0 aliphatic heterocycles. The molecular formula is C12H14O3. The topological polar surface area (TPSA) is 35.5 Å². The van der Waals surface area contributed by atoms with E-state index in [1.165, 1.54) is 0 Å². The highest BCUT2D eigenvalue weighted by atomic mass is 16.5. The van der Waals surface area contributed by atoms with Crippen LogP contribution in [0, 0.1) is 0 Å². The summed E-state index contributed by atoms with van der Waals surface area (Å²) in [5.41, 5.74) is 2.19. The van der Waals surface area contributed by atoms with Gasteiger partial charge < -0.3 is 9.47 Å². The van der Waals surface area contributed by atoms with E-state index in [4.69, 9.17) is 9.47 Å². The molecule has 0 amide bonds. The number of ether oxygens (including phenoxy) is 2. The van der Waals surface area contributed by atoms with Crippen LogP contribution in [0.2, 0.25) is 0 Å². The van der Waals surface area contributed by atoms with E-state index >= 15 is 0 Å². The number of hydrogen-bond donors (Lipinski definition) is 0. The highest BCUT2D eigenvalue weighted by molar-refractivity contribution is 5.82. The molecule has 1 aromatic rings. The maximum absolute atomic E-state index is 11.5. The zero-order chi connectivity index (χ0) is 10.8. The first-order valence-corrected chi connectivity index (χ1v) is 5.10. The summed E-state index contributed by atoms with van der Waals surface area (Å²) in [4.78, 5) is 11.5. The lowest BCUT2D eigenvalue weighted by Gasteiger charge is -2.29. The van der Waals surface area contributed by atoms with Crippen LogP contribution >= 0.6 is 0 Å². The molecule has 0 N–H and O–H groups in total. The van der Waals surface area contributed by atoms with Crippen molar-refractivity contribution in [2.75, 3.05) is 13.7 Å². The third-order valence-corrected chi connectivity index (χ3v) is 2.74. The molecular weight excluding hydrogens is 192 g/mol. The molecule has 1 unspecified atom stereocenters. The lowest BCUT2D eigenvalue weighted by Crippen LogP contribution is -2.27. The second-order valence-electron chi connectivity index (χ2n) is 3.54. The summed E-state index contributed by atoms with van der Waals surface area (Å²) in [6, 6.07) is 5.78. The van der Waals surface area contributed by atoms with E-state index in [1.807, 2.05) is 25.1 Å². The Morgan fingerprint density at radius 1 is 1.53 bits per heavy atom. The van der Waals surface area contributed by atoms with Crippen LogP contribution < -0.4 is 4.74 Å². The molecule has 0 fully saturated rings. The fourth-order valence-corrected chi connectivity index (χ4v) is 1.95. The first-order chi connectivity index (χ1) is 7.27. The molecule has 3 nitrogen and oxygen atoms in total. The van der Waals surface area contributed by atoms with Gasteiger partial charge in [-0.05, 0) is 30.5 Å². The van der Waals surface area contributed by atoms with Crippen molar-refractivity contribution in [2.24, 2.45) is 0 Å². The van der Waals surface area contributed by atoms with Crippen molar-refractivity contribution in [2.45, 2.75) is 19.3 Å². The first-order valence-electron chi connectivity index (χ1n) is 5.10. The van der Waals surface area contributed by atoms with E-state index in [2.05, 4.69) is 0 Å². The quantitative estimate of drug-likeness (QED) is 0.708. The highest BCUT2D eigenvalue weighted by Gasteiger charge is 2.35. The fraction of sp³-hybridized carbons (Fsp3) is 0.417. The number of hydrogen-bond acceptors (Lipinski definition) is 3. The van der Waals surface area contributed by atoms with Crippen LogP contribution in [0.1, 0.15) is 24.0 Å². The molecule has 0 radical (unpaired) electrons.